The number of phenolic OH excluding ortho intramolecular Hbond substituents is 1. The van der Waals surface area contributed by atoms with E-state index >= 15 is 0 Å². The van der Waals surface area contributed by atoms with Crippen LogP contribution in [0.3, 0.4) is 0 Å². The molecule has 3 nitrogen and oxygen atoms in total. The number of halogens is 1. The summed E-state index contributed by atoms with van der Waals surface area (Å²) in [6.45, 7) is 2.86. The molecule has 2 aromatic rings. The molecule has 0 saturated carbocycles. The van der Waals surface area contributed by atoms with E-state index in [4.69, 9.17) is 11.6 Å². The molecule has 0 aromatic heterocycles. The highest BCUT2D eigenvalue weighted by molar-refractivity contribution is 6.30. The van der Waals surface area contributed by atoms with E-state index in [9.17, 15) is 9.90 Å². The summed E-state index contributed by atoms with van der Waals surface area (Å²) in [7, 11) is 0. The van der Waals surface area contributed by atoms with E-state index in [1.165, 1.54) is 12.8 Å². The van der Waals surface area contributed by atoms with Gasteiger partial charge in [0.2, 0.25) is 5.91 Å². The molecule has 0 aliphatic carbocycles. The van der Waals surface area contributed by atoms with Crippen LogP contribution in [0.2, 0.25) is 5.02 Å². The van der Waals surface area contributed by atoms with E-state index in [2.05, 4.69) is 12.2 Å². The summed E-state index contributed by atoms with van der Waals surface area (Å²) < 4.78 is 0. The van der Waals surface area contributed by atoms with Crippen molar-refractivity contribution in [2.75, 3.05) is 6.54 Å². The third kappa shape index (κ3) is 6.09. The van der Waals surface area contributed by atoms with Gasteiger partial charge in [0.25, 0.3) is 0 Å². The van der Waals surface area contributed by atoms with E-state index < -0.39 is 0 Å². The molecule has 2 rings (SSSR count). The number of aromatic hydroxyl groups is 1. The molecule has 25 heavy (non-hydrogen) atoms. The number of phenols is 1. The average molecular weight is 360 g/mol. The number of carbonyl (C=O) groups is 1. The first-order chi connectivity index (χ1) is 12.1. The van der Waals surface area contributed by atoms with Crippen LogP contribution >= 0.6 is 11.6 Å². The molecular weight excluding hydrogens is 334 g/mol. The van der Waals surface area contributed by atoms with Crippen molar-refractivity contribution in [1.82, 2.24) is 5.32 Å². The summed E-state index contributed by atoms with van der Waals surface area (Å²) in [5, 5.41) is 13.8. The lowest BCUT2D eigenvalue weighted by molar-refractivity contribution is -0.121. The summed E-state index contributed by atoms with van der Waals surface area (Å²) in [6.07, 6.45) is 4.79. The number of rotatable bonds is 9. The summed E-state index contributed by atoms with van der Waals surface area (Å²) in [5.41, 5.74) is 1.67. The van der Waals surface area contributed by atoms with Gasteiger partial charge in [-0.25, -0.2) is 0 Å². The van der Waals surface area contributed by atoms with Gasteiger partial charge in [0.15, 0.2) is 0 Å². The Morgan fingerprint density at radius 2 is 1.88 bits per heavy atom. The second-order valence-electron chi connectivity index (χ2n) is 6.28. The molecule has 4 heteroatoms. The summed E-state index contributed by atoms with van der Waals surface area (Å²) in [4.78, 5) is 12.4. The SMILES string of the molecule is CCCCCCNC(=O)C[C@H](c1ccccc1)c1cc(Cl)ccc1O. The minimum Gasteiger partial charge on any atom is -0.508 e. The predicted molar refractivity (Wildman–Crippen MR) is 103 cm³/mol. The van der Waals surface area contributed by atoms with Crippen molar-refractivity contribution in [2.45, 2.75) is 44.9 Å². The highest BCUT2D eigenvalue weighted by atomic mass is 35.5. The monoisotopic (exact) mass is 359 g/mol. The van der Waals surface area contributed by atoms with Gasteiger partial charge in [0.1, 0.15) is 5.75 Å². The van der Waals surface area contributed by atoms with Crippen LogP contribution in [-0.2, 0) is 4.79 Å². The van der Waals surface area contributed by atoms with Crippen molar-refractivity contribution in [3.05, 3.63) is 64.7 Å². The number of benzene rings is 2. The highest BCUT2D eigenvalue weighted by Crippen LogP contribution is 2.35. The molecule has 1 amide bonds. The predicted octanol–water partition coefficient (Wildman–Crippen LogP) is 5.26. The van der Waals surface area contributed by atoms with E-state index in [1.54, 1.807) is 18.2 Å². The van der Waals surface area contributed by atoms with Crippen molar-refractivity contribution in [1.29, 1.82) is 0 Å². The van der Waals surface area contributed by atoms with Crippen molar-refractivity contribution in [3.8, 4) is 5.75 Å². The maximum absolute atomic E-state index is 12.4. The lowest BCUT2D eigenvalue weighted by Gasteiger charge is -2.19. The molecule has 0 bridgehead atoms. The van der Waals surface area contributed by atoms with E-state index in [0.717, 1.165) is 18.4 Å². The minimum absolute atomic E-state index is 0.00951. The fourth-order valence-corrected chi connectivity index (χ4v) is 3.11. The standard InChI is InChI=1S/C21H26ClNO2/c1-2-3-4-8-13-23-21(25)15-18(16-9-6-5-7-10-16)19-14-17(22)11-12-20(19)24/h5-7,9-12,14,18,24H,2-4,8,13,15H2,1H3,(H,23,25)/t18-/m1/s1. The van der Waals surface area contributed by atoms with Crippen LogP contribution in [0.1, 0.15) is 56.1 Å². The Bertz CT molecular complexity index is 673. The van der Waals surface area contributed by atoms with Gasteiger partial charge in [0, 0.05) is 29.5 Å². The third-order valence-electron chi connectivity index (χ3n) is 4.31. The lowest BCUT2D eigenvalue weighted by Crippen LogP contribution is -2.26. The Morgan fingerprint density at radius 3 is 2.60 bits per heavy atom. The Morgan fingerprint density at radius 1 is 1.12 bits per heavy atom. The van der Waals surface area contributed by atoms with Crippen LogP contribution in [0, 0.1) is 0 Å². The van der Waals surface area contributed by atoms with Crippen LogP contribution < -0.4 is 5.32 Å². The van der Waals surface area contributed by atoms with Gasteiger partial charge in [-0.2, -0.15) is 0 Å². The van der Waals surface area contributed by atoms with Gasteiger partial charge in [-0.3, -0.25) is 4.79 Å². The van der Waals surface area contributed by atoms with Crippen molar-refractivity contribution < 1.29 is 9.90 Å². The number of hydrogen-bond acceptors (Lipinski definition) is 2. The van der Waals surface area contributed by atoms with Crippen LogP contribution in [0.4, 0.5) is 0 Å². The molecule has 0 radical (unpaired) electrons. The van der Waals surface area contributed by atoms with Crippen molar-refractivity contribution >= 4 is 17.5 Å². The number of nitrogens with one attached hydrogen (secondary N) is 1. The molecule has 2 N–H and O–H groups in total. The zero-order valence-electron chi connectivity index (χ0n) is 14.7. The van der Waals surface area contributed by atoms with E-state index in [-0.39, 0.29) is 24.0 Å². The molecule has 0 unspecified atom stereocenters. The summed E-state index contributed by atoms with van der Waals surface area (Å²) in [5.74, 6) is -0.0748. The fourth-order valence-electron chi connectivity index (χ4n) is 2.93. The molecule has 0 saturated heterocycles. The van der Waals surface area contributed by atoms with E-state index in [1.807, 2.05) is 30.3 Å². The zero-order chi connectivity index (χ0) is 18.1. The molecule has 1 atom stereocenters. The maximum Gasteiger partial charge on any atom is 0.220 e. The molecule has 0 aliphatic heterocycles. The Balaban J connectivity index is 2.11. The Labute approximate surface area is 155 Å². The Hall–Kier alpha value is -2.00. The number of carbonyl (C=O) groups excluding carboxylic acids is 1. The van der Waals surface area contributed by atoms with Crippen LogP contribution in [-0.4, -0.2) is 17.6 Å². The minimum atomic E-state index is -0.226. The molecule has 2 aromatic carbocycles. The molecule has 0 aliphatic rings. The van der Waals surface area contributed by atoms with Gasteiger partial charge >= 0.3 is 0 Å². The normalized spacial score (nSPS) is 11.9. The second kappa shape index (κ2) is 10.1. The lowest BCUT2D eigenvalue weighted by atomic mass is 9.87. The number of amides is 1. The van der Waals surface area contributed by atoms with Gasteiger partial charge in [-0.1, -0.05) is 68.1 Å². The van der Waals surface area contributed by atoms with Gasteiger partial charge in [-0.05, 0) is 30.2 Å². The molecule has 0 spiro atoms. The average Bonchev–Trinajstić information content (AvgIpc) is 2.62. The quantitative estimate of drug-likeness (QED) is 0.599. The smallest absolute Gasteiger partial charge is 0.220 e. The first kappa shape index (κ1) is 19.3. The summed E-state index contributed by atoms with van der Waals surface area (Å²) in [6, 6.07) is 14.7. The molecule has 134 valence electrons. The number of unbranched alkanes of at least 4 members (excludes halogenated alkanes) is 3. The van der Waals surface area contributed by atoms with E-state index in [0.29, 0.717) is 17.1 Å². The highest BCUT2D eigenvalue weighted by Gasteiger charge is 2.21. The Kier molecular flexibility index (Phi) is 7.80. The molecular formula is C21H26ClNO2. The second-order valence-corrected chi connectivity index (χ2v) is 6.72. The largest absolute Gasteiger partial charge is 0.508 e. The van der Waals surface area contributed by atoms with Gasteiger partial charge in [0.05, 0.1) is 0 Å². The number of hydrogen-bond donors (Lipinski definition) is 2. The molecule has 0 fully saturated rings. The fraction of sp³-hybridized carbons (Fsp3) is 0.381. The van der Waals surface area contributed by atoms with Crippen LogP contribution in [0.5, 0.6) is 5.75 Å². The van der Waals surface area contributed by atoms with Crippen LogP contribution in [0.25, 0.3) is 0 Å². The third-order valence-corrected chi connectivity index (χ3v) is 4.54. The van der Waals surface area contributed by atoms with Crippen molar-refractivity contribution in [3.63, 3.8) is 0 Å². The van der Waals surface area contributed by atoms with Gasteiger partial charge < -0.3 is 10.4 Å². The molecule has 0 heterocycles. The summed E-state index contributed by atoms with van der Waals surface area (Å²) >= 11 is 6.11. The first-order valence-electron chi connectivity index (χ1n) is 8.92. The zero-order valence-corrected chi connectivity index (χ0v) is 15.4. The topological polar surface area (TPSA) is 49.3 Å². The van der Waals surface area contributed by atoms with Crippen LogP contribution in [0.15, 0.2) is 48.5 Å². The van der Waals surface area contributed by atoms with Crippen molar-refractivity contribution in [2.24, 2.45) is 0 Å². The first-order valence-corrected chi connectivity index (χ1v) is 9.29. The van der Waals surface area contributed by atoms with Gasteiger partial charge in [-0.15, -0.1) is 0 Å². The maximum atomic E-state index is 12.4.